The van der Waals surface area contributed by atoms with Gasteiger partial charge in [-0.3, -0.25) is 4.79 Å². The van der Waals surface area contributed by atoms with Crippen LogP contribution >= 0.6 is 27.3 Å². The Hall–Kier alpha value is -2.29. The van der Waals surface area contributed by atoms with Crippen molar-refractivity contribution in [3.63, 3.8) is 0 Å². The lowest BCUT2D eigenvalue weighted by atomic mass is 10.2. The summed E-state index contributed by atoms with van der Waals surface area (Å²) in [7, 11) is 0. The molecule has 4 N–H and O–H groups in total. The number of hydrogen-bond donors (Lipinski definition) is 3. The minimum Gasteiger partial charge on any atom is -0.352 e. The molecule has 2 heterocycles. The number of nitrogens with zero attached hydrogens (tertiary/aromatic N) is 2. The van der Waals surface area contributed by atoms with Gasteiger partial charge in [0, 0.05) is 24.0 Å². The molecular weight excluding hydrogens is 414 g/mol. The fraction of sp³-hybridized carbons (Fsp3) is 0.167. The van der Waals surface area contributed by atoms with Gasteiger partial charge in [0.05, 0.1) is 14.4 Å². The van der Waals surface area contributed by atoms with E-state index in [0.717, 1.165) is 26.5 Å². The summed E-state index contributed by atoms with van der Waals surface area (Å²) in [6.45, 7) is 1.14. The largest absolute Gasteiger partial charge is 0.352 e. The summed E-state index contributed by atoms with van der Waals surface area (Å²) in [5.41, 5.74) is 7.69. The maximum absolute atomic E-state index is 12.0. The highest BCUT2D eigenvalue weighted by Crippen LogP contribution is 2.30. The number of nitrogens with two attached hydrogens (primary N) is 1. The first kappa shape index (κ1) is 18.5. The van der Waals surface area contributed by atoms with Gasteiger partial charge in [0.15, 0.2) is 0 Å². The molecule has 0 radical (unpaired) electrons. The first-order valence-electron chi connectivity index (χ1n) is 8.10. The van der Waals surface area contributed by atoms with Gasteiger partial charge in [-0.1, -0.05) is 0 Å². The average Bonchev–Trinajstić information content (AvgIpc) is 3.09. The average molecular weight is 432 g/mol. The molecule has 1 amide bonds. The summed E-state index contributed by atoms with van der Waals surface area (Å²) >= 11 is 5.08. The van der Waals surface area contributed by atoms with E-state index in [0.29, 0.717) is 24.6 Å². The lowest BCUT2D eigenvalue weighted by Gasteiger charge is -2.08. The van der Waals surface area contributed by atoms with Gasteiger partial charge in [-0.2, -0.15) is 0 Å². The number of carbonyl (C=O) groups excluding carboxylic acids is 1. The van der Waals surface area contributed by atoms with Crippen molar-refractivity contribution in [1.29, 1.82) is 0 Å². The highest BCUT2D eigenvalue weighted by Gasteiger charge is 2.07. The number of halogens is 1. The highest BCUT2D eigenvalue weighted by molar-refractivity contribution is 9.11. The van der Waals surface area contributed by atoms with Crippen molar-refractivity contribution in [2.45, 2.75) is 6.42 Å². The maximum atomic E-state index is 12.0. The zero-order valence-corrected chi connectivity index (χ0v) is 16.3. The Morgan fingerprint density at radius 2 is 1.96 bits per heavy atom. The van der Waals surface area contributed by atoms with Crippen molar-refractivity contribution < 1.29 is 4.79 Å². The van der Waals surface area contributed by atoms with Gasteiger partial charge in [0.2, 0.25) is 5.95 Å². The molecule has 0 unspecified atom stereocenters. The van der Waals surface area contributed by atoms with Crippen LogP contribution < -0.4 is 16.4 Å². The number of rotatable bonds is 7. The van der Waals surface area contributed by atoms with Crippen molar-refractivity contribution >= 4 is 44.8 Å². The van der Waals surface area contributed by atoms with E-state index in [-0.39, 0.29) is 5.91 Å². The Labute approximate surface area is 164 Å². The lowest BCUT2D eigenvalue weighted by Crippen LogP contribution is -2.25. The molecule has 1 aromatic carbocycles. The van der Waals surface area contributed by atoms with E-state index in [1.165, 1.54) is 0 Å². The summed E-state index contributed by atoms with van der Waals surface area (Å²) < 4.78 is 1.06. The van der Waals surface area contributed by atoms with Crippen LogP contribution in [0, 0.1) is 0 Å². The van der Waals surface area contributed by atoms with E-state index in [4.69, 9.17) is 5.73 Å². The molecule has 0 spiro atoms. The second kappa shape index (κ2) is 8.88. The highest BCUT2D eigenvalue weighted by atomic mass is 79.9. The molecule has 0 bridgehead atoms. The van der Waals surface area contributed by atoms with Crippen LogP contribution in [-0.2, 0) is 0 Å². The fourth-order valence-electron chi connectivity index (χ4n) is 2.25. The molecule has 8 heteroatoms. The Morgan fingerprint density at radius 3 is 2.65 bits per heavy atom. The van der Waals surface area contributed by atoms with E-state index in [2.05, 4.69) is 36.5 Å². The number of benzene rings is 1. The minimum absolute atomic E-state index is 0.105. The molecule has 134 valence electrons. The quantitative estimate of drug-likeness (QED) is 0.494. The van der Waals surface area contributed by atoms with Crippen LogP contribution in [0.5, 0.6) is 0 Å². The molecule has 0 atom stereocenters. The Bertz CT molecular complexity index is 881. The van der Waals surface area contributed by atoms with Crippen LogP contribution in [0.3, 0.4) is 0 Å². The van der Waals surface area contributed by atoms with Gasteiger partial charge in [-0.15, -0.1) is 11.3 Å². The molecule has 0 aliphatic rings. The van der Waals surface area contributed by atoms with Crippen molar-refractivity contribution in [3.8, 4) is 10.6 Å². The Kier molecular flexibility index (Phi) is 6.32. The van der Waals surface area contributed by atoms with Crippen molar-refractivity contribution in [2.24, 2.45) is 5.73 Å². The van der Waals surface area contributed by atoms with E-state index in [1.807, 2.05) is 30.3 Å². The predicted molar refractivity (Wildman–Crippen MR) is 109 cm³/mol. The number of nitrogens with one attached hydrogen (secondary N) is 2. The van der Waals surface area contributed by atoms with Crippen LogP contribution in [0.15, 0.2) is 52.4 Å². The van der Waals surface area contributed by atoms with Crippen molar-refractivity contribution in [2.75, 3.05) is 18.4 Å². The van der Waals surface area contributed by atoms with E-state index >= 15 is 0 Å². The number of amides is 1. The van der Waals surface area contributed by atoms with E-state index < -0.39 is 0 Å². The number of thiophene rings is 1. The van der Waals surface area contributed by atoms with E-state index in [9.17, 15) is 4.79 Å². The van der Waals surface area contributed by atoms with Gasteiger partial charge >= 0.3 is 0 Å². The third-order valence-corrected chi connectivity index (χ3v) is 5.20. The monoisotopic (exact) mass is 431 g/mol. The first-order chi connectivity index (χ1) is 12.7. The summed E-state index contributed by atoms with van der Waals surface area (Å²) in [4.78, 5) is 21.8. The Balaban J connectivity index is 1.67. The number of carbonyl (C=O) groups is 1. The molecule has 2 aromatic heterocycles. The third-order valence-electron chi connectivity index (χ3n) is 3.55. The molecule has 0 aliphatic heterocycles. The molecule has 26 heavy (non-hydrogen) atoms. The van der Waals surface area contributed by atoms with Gasteiger partial charge in [0.1, 0.15) is 0 Å². The van der Waals surface area contributed by atoms with Crippen LogP contribution in [-0.4, -0.2) is 29.0 Å². The third kappa shape index (κ3) is 4.87. The number of anilines is 2. The summed E-state index contributed by atoms with van der Waals surface area (Å²) in [6.07, 6.45) is 2.48. The lowest BCUT2D eigenvalue weighted by molar-refractivity contribution is 0.0953. The van der Waals surface area contributed by atoms with Gasteiger partial charge < -0.3 is 16.4 Å². The second-order valence-electron chi connectivity index (χ2n) is 5.47. The molecule has 0 aliphatic carbocycles. The fourth-order valence-corrected chi connectivity index (χ4v) is 3.60. The van der Waals surface area contributed by atoms with E-state index in [1.54, 1.807) is 29.7 Å². The molecule has 0 fully saturated rings. The summed E-state index contributed by atoms with van der Waals surface area (Å²) in [6, 6.07) is 13.1. The first-order valence-corrected chi connectivity index (χ1v) is 9.71. The molecule has 3 rings (SSSR count). The van der Waals surface area contributed by atoms with Gasteiger partial charge in [-0.05, 0) is 71.4 Å². The second-order valence-corrected chi connectivity index (χ2v) is 7.93. The minimum atomic E-state index is -0.105. The van der Waals surface area contributed by atoms with Gasteiger partial charge in [0.25, 0.3) is 5.91 Å². The molecular formula is C18H18BrN5OS. The summed E-state index contributed by atoms with van der Waals surface area (Å²) in [5, 5.41) is 5.99. The summed E-state index contributed by atoms with van der Waals surface area (Å²) in [5.74, 6) is 0.402. The topological polar surface area (TPSA) is 92.9 Å². The standard InChI is InChI=1S/C18H18BrN5OS/c19-16-7-6-15(26-16)14-8-11-22-18(24-14)23-13-4-2-12(3-5-13)17(25)21-10-1-9-20/h2-8,11H,1,9-10,20H2,(H,21,25)(H,22,23,24). The Morgan fingerprint density at radius 1 is 1.15 bits per heavy atom. The molecule has 3 aromatic rings. The smallest absolute Gasteiger partial charge is 0.251 e. The van der Waals surface area contributed by atoms with Gasteiger partial charge in [-0.25, -0.2) is 9.97 Å². The normalized spacial score (nSPS) is 10.5. The number of hydrogen-bond acceptors (Lipinski definition) is 6. The zero-order valence-electron chi connectivity index (χ0n) is 13.9. The maximum Gasteiger partial charge on any atom is 0.251 e. The van der Waals surface area contributed by atoms with Crippen LogP contribution in [0.1, 0.15) is 16.8 Å². The predicted octanol–water partition coefficient (Wildman–Crippen LogP) is 3.79. The molecule has 6 nitrogen and oxygen atoms in total. The van der Waals surface area contributed by atoms with Crippen molar-refractivity contribution in [3.05, 3.63) is 58.0 Å². The van der Waals surface area contributed by atoms with Crippen molar-refractivity contribution in [1.82, 2.24) is 15.3 Å². The van der Waals surface area contributed by atoms with Crippen LogP contribution in [0.25, 0.3) is 10.6 Å². The molecule has 0 saturated carbocycles. The molecule has 0 saturated heterocycles. The van der Waals surface area contributed by atoms with Crippen LogP contribution in [0.2, 0.25) is 0 Å². The zero-order chi connectivity index (χ0) is 18.4. The van der Waals surface area contributed by atoms with Crippen LogP contribution in [0.4, 0.5) is 11.6 Å². The SMILES string of the molecule is NCCCNC(=O)c1ccc(Nc2nccc(-c3ccc(Br)s3)n2)cc1. The number of aromatic nitrogens is 2.